The number of primary amides is 1. The van der Waals surface area contributed by atoms with Gasteiger partial charge in [0.05, 0.1) is 5.56 Å². The molecule has 7 heteroatoms. The molecule has 0 radical (unpaired) electrons. The zero-order chi connectivity index (χ0) is 18.7. The van der Waals surface area contributed by atoms with E-state index in [1.165, 1.54) is 11.3 Å². The number of anilines is 1. The highest BCUT2D eigenvalue weighted by molar-refractivity contribution is 7.17. The summed E-state index contributed by atoms with van der Waals surface area (Å²) in [4.78, 5) is 37.3. The van der Waals surface area contributed by atoms with Crippen molar-refractivity contribution in [3.05, 3.63) is 40.8 Å². The molecule has 0 saturated heterocycles. The zero-order valence-electron chi connectivity index (χ0n) is 14.5. The molecule has 2 aromatic rings. The summed E-state index contributed by atoms with van der Waals surface area (Å²) >= 11 is 1.24. The van der Waals surface area contributed by atoms with Crippen molar-refractivity contribution in [1.82, 2.24) is 5.32 Å². The molecule has 1 aromatic carbocycles. The molecular formula is C19H21N3O3S. The van der Waals surface area contributed by atoms with Crippen LogP contribution in [0.25, 0.3) is 11.1 Å². The molecule has 6 nitrogen and oxygen atoms in total. The predicted molar refractivity (Wildman–Crippen MR) is 102 cm³/mol. The summed E-state index contributed by atoms with van der Waals surface area (Å²) in [5, 5.41) is 5.61. The SMILES string of the molecule is Cc1sc(NC(=O)C(=O)NC2CCCC2)c(C(N)=O)c1-c1ccccc1. The maximum Gasteiger partial charge on any atom is 0.314 e. The topological polar surface area (TPSA) is 101 Å². The molecule has 3 rings (SSSR count). The Morgan fingerprint density at radius 2 is 1.73 bits per heavy atom. The normalized spacial score (nSPS) is 14.2. The summed E-state index contributed by atoms with van der Waals surface area (Å²) in [5.74, 6) is -2.10. The number of rotatable bonds is 4. The summed E-state index contributed by atoms with van der Waals surface area (Å²) in [6.45, 7) is 1.85. The lowest BCUT2D eigenvalue weighted by Crippen LogP contribution is -2.40. The first-order valence-electron chi connectivity index (χ1n) is 8.58. The molecule has 0 atom stereocenters. The fourth-order valence-electron chi connectivity index (χ4n) is 3.30. The first-order valence-corrected chi connectivity index (χ1v) is 9.39. The number of hydrogen-bond acceptors (Lipinski definition) is 4. The van der Waals surface area contributed by atoms with Gasteiger partial charge in [-0.3, -0.25) is 14.4 Å². The van der Waals surface area contributed by atoms with E-state index in [4.69, 9.17) is 5.73 Å². The molecule has 26 heavy (non-hydrogen) atoms. The van der Waals surface area contributed by atoms with Crippen LogP contribution in [0.4, 0.5) is 5.00 Å². The van der Waals surface area contributed by atoms with Gasteiger partial charge in [-0.05, 0) is 25.3 Å². The van der Waals surface area contributed by atoms with Crippen molar-refractivity contribution in [1.29, 1.82) is 0 Å². The molecule has 3 amide bonds. The minimum absolute atomic E-state index is 0.0498. The van der Waals surface area contributed by atoms with E-state index in [0.29, 0.717) is 10.6 Å². The van der Waals surface area contributed by atoms with E-state index in [-0.39, 0.29) is 11.6 Å². The van der Waals surface area contributed by atoms with Crippen molar-refractivity contribution in [3.8, 4) is 11.1 Å². The summed E-state index contributed by atoms with van der Waals surface area (Å²) in [7, 11) is 0. The van der Waals surface area contributed by atoms with Gasteiger partial charge in [0.25, 0.3) is 5.91 Å². The number of thiophene rings is 1. The van der Waals surface area contributed by atoms with Crippen molar-refractivity contribution in [2.75, 3.05) is 5.32 Å². The van der Waals surface area contributed by atoms with Crippen molar-refractivity contribution in [3.63, 3.8) is 0 Å². The Balaban J connectivity index is 1.84. The highest BCUT2D eigenvalue weighted by atomic mass is 32.1. The minimum Gasteiger partial charge on any atom is -0.365 e. The Labute approximate surface area is 155 Å². The molecule has 1 saturated carbocycles. The van der Waals surface area contributed by atoms with E-state index in [0.717, 1.165) is 36.1 Å². The Bertz CT molecular complexity index is 839. The van der Waals surface area contributed by atoms with Crippen LogP contribution in [0.2, 0.25) is 0 Å². The summed E-state index contributed by atoms with van der Waals surface area (Å²) in [6, 6.07) is 9.41. The van der Waals surface area contributed by atoms with Gasteiger partial charge in [-0.15, -0.1) is 11.3 Å². The molecule has 4 N–H and O–H groups in total. The Morgan fingerprint density at radius 3 is 2.35 bits per heavy atom. The lowest BCUT2D eigenvalue weighted by atomic mass is 10.0. The Morgan fingerprint density at radius 1 is 1.08 bits per heavy atom. The molecule has 1 aliphatic rings. The molecule has 1 aromatic heterocycles. The molecular weight excluding hydrogens is 350 g/mol. The molecule has 1 fully saturated rings. The van der Waals surface area contributed by atoms with Crippen LogP contribution in [0.1, 0.15) is 40.9 Å². The van der Waals surface area contributed by atoms with Gasteiger partial charge in [0.2, 0.25) is 0 Å². The maximum atomic E-state index is 12.3. The fraction of sp³-hybridized carbons (Fsp3) is 0.316. The van der Waals surface area contributed by atoms with Crippen LogP contribution >= 0.6 is 11.3 Å². The van der Waals surface area contributed by atoms with Crippen LogP contribution in [0.5, 0.6) is 0 Å². The standard InChI is InChI=1S/C19H21N3O3S/c1-11-14(12-7-3-2-4-8-12)15(16(20)23)19(26-11)22-18(25)17(24)21-13-9-5-6-10-13/h2-4,7-8,13H,5-6,9-10H2,1H3,(H2,20,23)(H,21,24)(H,22,25). The predicted octanol–water partition coefficient (Wildman–Crippen LogP) is 2.82. The first-order chi connectivity index (χ1) is 12.5. The number of nitrogens with one attached hydrogen (secondary N) is 2. The largest absolute Gasteiger partial charge is 0.365 e. The number of carbonyl (C=O) groups is 3. The average Bonchev–Trinajstić information content (AvgIpc) is 3.23. The molecule has 1 aliphatic carbocycles. The number of aryl methyl sites for hydroxylation is 1. The highest BCUT2D eigenvalue weighted by Crippen LogP contribution is 2.39. The van der Waals surface area contributed by atoms with Crippen molar-refractivity contribution in [2.24, 2.45) is 5.73 Å². The van der Waals surface area contributed by atoms with Gasteiger partial charge in [0.15, 0.2) is 0 Å². The molecule has 0 spiro atoms. The minimum atomic E-state index is -0.778. The van der Waals surface area contributed by atoms with Crippen LogP contribution in [0.15, 0.2) is 30.3 Å². The molecule has 0 bridgehead atoms. The highest BCUT2D eigenvalue weighted by Gasteiger charge is 2.26. The number of benzene rings is 1. The van der Waals surface area contributed by atoms with E-state index in [2.05, 4.69) is 10.6 Å². The molecule has 0 aliphatic heterocycles. The van der Waals surface area contributed by atoms with Gasteiger partial charge in [-0.25, -0.2) is 0 Å². The van der Waals surface area contributed by atoms with Gasteiger partial charge in [-0.2, -0.15) is 0 Å². The van der Waals surface area contributed by atoms with Crippen LogP contribution in [-0.2, 0) is 9.59 Å². The Hall–Kier alpha value is -2.67. The van der Waals surface area contributed by atoms with Gasteiger partial charge in [-0.1, -0.05) is 43.2 Å². The number of amides is 3. The third-order valence-corrected chi connectivity index (χ3v) is 5.54. The van der Waals surface area contributed by atoms with E-state index < -0.39 is 17.7 Å². The monoisotopic (exact) mass is 371 g/mol. The number of carbonyl (C=O) groups excluding carboxylic acids is 3. The molecule has 1 heterocycles. The number of hydrogen-bond donors (Lipinski definition) is 3. The van der Waals surface area contributed by atoms with Crippen LogP contribution in [0, 0.1) is 6.92 Å². The van der Waals surface area contributed by atoms with Gasteiger partial charge in [0, 0.05) is 16.5 Å². The van der Waals surface area contributed by atoms with E-state index in [9.17, 15) is 14.4 Å². The van der Waals surface area contributed by atoms with Crippen LogP contribution in [0.3, 0.4) is 0 Å². The lowest BCUT2D eigenvalue weighted by Gasteiger charge is -2.11. The molecule has 136 valence electrons. The average molecular weight is 371 g/mol. The Kier molecular flexibility index (Phi) is 5.37. The third kappa shape index (κ3) is 3.77. The van der Waals surface area contributed by atoms with E-state index >= 15 is 0 Å². The van der Waals surface area contributed by atoms with Crippen molar-refractivity contribution < 1.29 is 14.4 Å². The van der Waals surface area contributed by atoms with Crippen LogP contribution < -0.4 is 16.4 Å². The second-order valence-corrected chi connectivity index (χ2v) is 7.60. The van der Waals surface area contributed by atoms with Crippen molar-refractivity contribution in [2.45, 2.75) is 38.6 Å². The fourth-order valence-corrected chi connectivity index (χ4v) is 4.38. The van der Waals surface area contributed by atoms with Gasteiger partial charge in [0.1, 0.15) is 5.00 Å². The third-order valence-electron chi connectivity index (χ3n) is 4.52. The number of nitrogens with two attached hydrogens (primary N) is 1. The molecule has 0 unspecified atom stereocenters. The summed E-state index contributed by atoms with van der Waals surface area (Å²) in [6.07, 6.45) is 3.90. The second kappa shape index (κ2) is 7.70. The maximum absolute atomic E-state index is 12.3. The summed E-state index contributed by atoms with van der Waals surface area (Å²) in [5.41, 5.74) is 7.33. The second-order valence-electron chi connectivity index (χ2n) is 6.38. The first kappa shape index (κ1) is 18.1. The van der Waals surface area contributed by atoms with E-state index in [1.54, 1.807) is 0 Å². The van der Waals surface area contributed by atoms with Gasteiger partial charge < -0.3 is 16.4 Å². The quantitative estimate of drug-likeness (QED) is 0.720. The van der Waals surface area contributed by atoms with Gasteiger partial charge >= 0.3 is 11.8 Å². The van der Waals surface area contributed by atoms with Crippen LogP contribution in [-0.4, -0.2) is 23.8 Å². The summed E-state index contributed by atoms with van der Waals surface area (Å²) < 4.78 is 0. The van der Waals surface area contributed by atoms with E-state index in [1.807, 2.05) is 37.3 Å². The lowest BCUT2D eigenvalue weighted by molar-refractivity contribution is -0.136. The zero-order valence-corrected chi connectivity index (χ0v) is 15.3. The smallest absolute Gasteiger partial charge is 0.314 e. The van der Waals surface area contributed by atoms with Crippen molar-refractivity contribution >= 4 is 34.1 Å².